The molecule has 0 saturated carbocycles. The molecule has 0 aliphatic carbocycles. The minimum atomic E-state index is -1.32. The number of hydrogen-bond donors (Lipinski definition) is 0. The van der Waals surface area contributed by atoms with Gasteiger partial charge in [0, 0.05) is 23.7 Å². The van der Waals surface area contributed by atoms with Gasteiger partial charge in [0.25, 0.3) is 5.56 Å². The molecule has 1 atom stereocenters. The first kappa shape index (κ1) is 15.8. The molecule has 3 heterocycles. The summed E-state index contributed by atoms with van der Waals surface area (Å²) in [6.07, 6.45) is 1.66. The Bertz CT molecular complexity index is 948. The predicted molar refractivity (Wildman–Crippen MR) is 87.3 cm³/mol. The topological polar surface area (TPSA) is 82.1 Å². The molecular weight excluding hydrogens is 338 g/mol. The Balaban J connectivity index is 2.15. The van der Waals surface area contributed by atoms with E-state index >= 15 is 0 Å². The standard InChI is InChI=1S/C14H14ClN5O2S/c1-3-23(22)13-17-14-19(8-10-4-5-11(15)16-7-10)9(2)6-12(21)20(14)18-13/h4-7H,3,8H2,1-2H3. The van der Waals surface area contributed by atoms with Gasteiger partial charge in [0.1, 0.15) is 5.15 Å². The van der Waals surface area contributed by atoms with E-state index in [1.807, 2.05) is 17.6 Å². The Labute approximate surface area is 139 Å². The summed E-state index contributed by atoms with van der Waals surface area (Å²) in [5, 5.41) is 4.66. The molecule has 0 aliphatic rings. The van der Waals surface area contributed by atoms with Gasteiger partial charge >= 0.3 is 0 Å². The summed E-state index contributed by atoms with van der Waals surface area (Å²) >= 11 is 5.80. The molecule has 0 radical (unpaired) electrons. The lowest BCUT2D eigenvalue weighted by molar-refractivity contribution is 0.675. The third kappa shape index (κ3) is 3.04. The van der Waals surface area contributed by atoms with Gasteiger partial charge in [0.2, 0.25) is 10.9 Å². The van der Waals surface area contributed by atoms with E-state index in [-0.39, 0.29) is 10.7 Å². The van der Waals surface area contributed by atoms with Crippen molar-refractivity contribution in [2.75, 3.05) is 5.75 Å². The number of nitrogens with zero attached hydrogens (tertiary/aromatic N) is 5. The van der Waals surface area contributed by atoms with Crippen LogP contribution in [0.5, 0.6) is 0 Å². The molecule has 3 aromatic heterocycles. The maximum Gasteiger partial charge on any atom is 0.275 e. The lowest BCUT2D eigenvalue weighted by Gasteiger charge is -2.11. The van der Waals surface area contributed by atoms with E-state index in [9.17, 15) is 9.00 Å². The number of aromatic nitrogens is 5. The van der Waals surface area contributed by atoms with Gasteiger partial charge in [0.05, 0.1) is 17.3 Å². The molecule has 0 bridgehead atoms. The van der Waals surface area contributed by atoms with Crippen LogP contribution in [0.2, 0.25) is 5.15 Å². The van der Waals surface area contributed by atoms with Crippen LogP contribution < -0.4 is 5.56 Å². The molecule has 0 aromatic carbocycles. The van der Waals surface area contributed by atoms with Crippen LogP contribution in [0.15, 0.2) is 34.3 Å². The monoisotopic (exact) mass is 351 g/mol. The van der Waals surface area contributed by atoms with Crippen LogP contribution in [0.3, 0.4) is 0 Å². The summed E-state index contributed by atoms with van der Waals surface area (Å²) in [4.78, 5) is 20.4. The van der Waals surface area contributed by atoms with Crippen molar-refractivity contribution in [2.45, 2.75) is 25.5 Å². The van der Waals surface area contributed by atoms with Crippen molar-refractivity contribution in [3.8, 4) is 0 Å². The quantitative estimate of drug-likeness (QED) is 0.664. The van der Waals surface area contributed by atoms with Gasteiger partial charge in [-0.05, 0) is 18.6 Å². The van der Waals surface area contributed by atoms with Gasteiger partial charge in [-0.2, -0.15) is 9.50 Å². The van der Waals surface area contributed by atoms with Gasteiger partial charge in [-0.15, -0.1) is 5.10 Å². The zero-order chi connectivity index (χ0) is 16.6. The van der Waals surface area contributed by atoms with Crippen LogP contribution in [0.25, 0.3) is 5.78 Å². The fraction of sp³-hybridized carbons (Fsp3) is 0.286. The number of hydrogen-bond acceptors (Lipinski definition) is 5. The number of fused-ring (bicyclic) bond motifs is 1. The van der Waals surface area contributed by atoms with Crippen molar-refractivity contribution in [3.63, 3.8) is 0 Å². The third-order valence-electron chi connectivity index (χ3n) is 3.37. The molecule has 9 heteroatoms. The van der Waals surface area contributed by atoms with E-state index in [2.05, 4.69) is 15.1 Å². The highest BCUT2D eigenvalue weighted by molar-refractivity contribution is 7.84. The summed E-state index contributed by atoms with van der Waals surface area (Å²) in [5.74, 6) is 0.757. The smallest absolute Gasteiger partial charge is 0.275 e. The van der Waals surface area contributed by atoms with Gasteiger partial charge in [-0.1, -0.05) is 24.6 Å². The van der Waals surface area contributed by atoms with Crippen LogP contribution in [-0.4, -0.2) is 34.1 Å². The molecule has 0 fully saturated rings. The highest BCUT2D eigenvalue weighted by Gasteiger charge is 2.15. The zero-order valence-electron chi connectivity index (χ0n) is 12.6. The average Bonchev–Trinajstić information content (AvgIpc) is 2.98. The second-order valence-electron chi connectivity index (χ2n) is 4.94. The molecule has 120 valence electrons. The number of aryl methyl sites for hydroxylation is 1. The van der Waals surface area contributed by atoms with Crippen molar-refractivity contribution in [2.24, 2.45) is 0 Å². The van der Waals surface area contributed by atoms with Crippen molar-refractivity contribution in [1.29, 1.82) is 0 Å². The predicted octanol–water partition coefficient (Wildman–Crippen LogP) is 1.42. The van der Waals surface area contributed by atoms with Crippen molar-refractivity contribution in [1.82, 2.24) is 24.1 Å². The van der Waals surface area contributed by atoms with Gasteiger partial charge in [-0.25, -0.2) is 4.98 Å². The first-order valence-corrected chi connectivity index (χ1v) is 8.65. The molecular formula is C14H14ClN5O2S. The van der Waals surface area contributed by atoms with Crippen molar-refractivity contribution in [3.05, 3.63) is 51.2 Å². The third-order valence-corrected chi connectivity index (χ3v) is 4.70. The van der Waals surface area contributed by atoms with Gasteiger partial charge in [0.15, 0.2) is 0 Å². The molecule has 1 unspecified atom stereocenters. The lowest BCUT2D eigenvalue weighted by atomic mass is 10.3. The van der Waals surface area contributed by atoms with Crippen LogP contribution in [0, 0.1) is 6.92 Å². The summed E-state index contributed by atoms with van der Waals surface area (Å²) in [7, 11) is -1.32. The van der Waals surface area contributed by atoms with Crippen LogP contribution in [0.4, 0.5) is 0 Å². The largest absolute Gasteiger partial charge is 0.310 e. The molecule has 0 saturated heterocycles. The molecule has 0 N–H and O–H groups in total. The molecule has 23 heavy (non-hydrogen) atoms. The minimum Gasteiger partial charge on any atom is -0.310 e. The SMILES string of the molecule is CCS(=O)c1nc2n(Cc3ccc(Cl)nc3)c(C)cc(=O)n2n1. The Morgan fingerprint density at radius 2 is 2.13 bits per heavy atom. The molecule has 7 nitrogen and oxygen atoms in total. The normalized spacial score (nSPS) is 12.7. The number of pyridine rings is 1. The van der Waals surface area contributed by atoms with Crippen LogP contribution in [0.1, 0.15) is 18.2 Å². The Morgan fingerprint density at radius 3 is 2.78 bits per heavy atom. The second-order valence-corrected chi connectivity index (χ2v) is 6.96. The summed E-state index contributed by atoms with van der Waals surface area (Å²) in [6, 6.07) is 5.03. The maximum absolute atomic E-state index is 12.1. The fourth-order valence-electron chi connectivity index (χ4n) is 2.19. The van der Waals surface area contributed by atoms with E-state index in [0.717, 1.165) is 11.3 Å². The van der Waals surface area contributed by atoms with E-state index < -0.39 is 10.8 Å². The number of halogens is 1. The highest BCUT2D eigenvalue weighted by Crippen LogP contribution is 2.11. The highest BCUT2D eigenvalue weighted by atomic mass is 35.5. The van der Waals surface area contributed by atoms with E-state index in [4.69, 9.17) is 11.6 Å². The first-order chi connectivity index (χ1) is 11.0. The zero-order valence-corrected chi connectivity index (χ0v) is 14.1. The van der Waals surface area contributed by atoms with Crippen molar-refractivity contribution >= 4 is 28.2 Å². The van der Waals surface area contributed by atoms with Gasteiger partial charge in [-0.3, -0.25) is 9.00 Å². The Kier molecular flexibility index (Phi) is 4.27. The molecule has 0 spiro atoms. The van der Waals surface area contributed by atoms with E-state index in [0.29, 0.717) is 23.2 Å². The van der Waals surface area contributed by atoms with Gasteiger partial charge < -0.3 is 4.57 Å². The van der Waals surface area contributed by atoms with Crippen LogP contribution in [-0.2, 0) is 17.3 Å². The fourth-order valence-corrected chi connectivity index (χ4v) is 2.91. The summed E-state index contributed by atoms with van der Waals surface area (Å²) in [6.45, 7) is 4.05. The Hall–Kier alpha value is -2.06. The van der Waals surface area contributed by atoms with Crippen molar-refractivity contribution < 1.29 is 4.21 Å². The summed E-state index contributed by atoms with van der Waals surface area (Å²) in [5.41, 5.74) is 1.35. The maximum atomic E-state index is 12.1. The Morgan fingerprint density at radius 1 is 1.35 bits per heavy atom. The second kappa shape index (κ2) is 6.21. The molecule has 0 amide bonds. The molecule has 0 aliphatic heterocycles. The van der Waals surface area contributed by atoms with E-state index in [1.54, 1.807) is 19.2 Å². The first-order valence-electron chi connectivity index (χ1n) is 6.95. The summed E-state index contributed by atoms with van der Waals surface area (Å²) < 4.78 is 14.9. The van der Waals surface area contributed by atoms with Crippen LogP contribution >= 0.6 is 11.6 Å². The number of rotatable bonds is 4. The lowest BCUT2D eigenvalue weighted by Crippen LogP contribution is -2.20. The molecule has 3 aromatic rings. The molecule has 3 rings (SSSR count). The van der Waals surface area contributed by atoms with E-state index in [1.165, 1.54) is 10.6 Å². The minimum absolute atomic E-state index is 0.165. The average molecular weight is 352 g/mol.